The van der Waals surface area contributed by atoms with Gasteiger partial charge in [0.2, 0.25) is 0 Å². The number of allylic oxidation sites excluding steroid dienone is 2. The van der Waals surface area contributed by atoms with Crippen molar-refractivity contribution >= 4 is 29.3 Å². The van der Waals surface area contributed by atoms with Gasteiger partial charge < -0.3 is 14.7 Å². The smallest absolute Gasteiger partial charge is 0.410 e. The van der Waals surface area contributed by atoms with Crippen LogP contribution in [-0.4, -0.2) is 27.7 Å². The molecule has 0 aliphatic carbocycles. The van der Waals surface area contributed by atoms with Gasteiger partial charge in [-0.15, -0.1) is 0 Å². The second-order valence-corrected chi connectivity index (χ2v) is 9.33. The molecule has 1 aliphatic heterocycles. The maximum Gasteiger partial charge on any atom is 0.410 e. The van der Waals surface area contributed by atoms with Gasteiger partial charge in [-0.25, -0.2) is 9.18 Å². The van der Waals surface area contributed by atoms with Crippen LogP contribution >= 0.6 is 23.2 Å². The molecule has 1 amide bonds. The summed E-state index contributed by atoms with van der Waals surface area (Å²) in [5.74, 6) is 0.634. The monoisotopic (exact) mass is 478 g/mol. The Hall–Kier alpha value is -2.70. The maximum atomic E-state index is 14.2. The average molecular weight is 479 g/mol. The van der Waals surface area contributed by atoms with Gasteiger partial charge in [0.15, 0.2) is 0 Å². The van der Waals surface area contributed by atoms with Crippen LogP contribution in [0, 0.1) is 5.82 Å². The highest BCUT2D eigenvalue weighted by Gasteiger charge is 2.32. The predicted octanol–water partition coefficient (Wildman–Crippen LogP) is 6.40. The third kappa shape index (κ3) is 5.96. The normalized spacial score (nSPS) is 16.0. The van der Waals surface area contributed by atoms with E-state index >= 15 is 0 Å². The summed E-state index contributed by atoms with van der Waals surface area (Å²) in [5.41, 5.74) is 0.850. The van der Waals surface area contributed by atoms with Crippen molar-refractivity contribution in [3.63, 3.8) is 0 Å². The van der Waals surface area contributed by atoms with Crippen LogP contribution in [0.15, 0.2) is 60.4 Å². The zero-order chi connectivity index (χ0) is 23.5. The molecule has 32 heavy (non-hydrogen) atoms. The Morgan fingerprint density at radius 3 is 2.50 bits per heavy atom. The molecule has 5 nitrogen and oxygen atoms in total. The largest absolute Gasteiger partial charge is 0.489 e. The van der Waals surface area contributed by atoms with Crippen LogP contribution < -0.4 is 10.1 Å². The quantitative estimate of drug-likeness (QED) is 0.503. The number of hydrogen-bond acceptors (Lipinski definition) is 3. The highest BCUT2D eigenvalue weighted by atomic mass is 35.5. The maximum absolute atomic E-state index is 14.2. The van der Waals surface area contributed by atoms with Gasteiger partial charge in [0.1, 0.15) is 24.0 Å². The lowest BCUT2D eigenvalue weighted by molar-refractivity contribution is 0.130. The summed E-state index contributed by atoms with van der Waals surface area (Å²) in [6.07, 6.45) is 4.94. The minimum Gasteiger partial charge on any atom is -0.489 e. The molecule has 1 heterocycles. The van der Waals surface area contributed by atoms with E-state index in [0.29, 0.717) is 33.6 Å². The van der Waals surface area contributed by atoms with Crippen molar-refractivity contribution in [3.8, 4) is 5.75 Å². The van der Waals surface area contributed by atoms with E-state index in [0.717, 1.165) is 5.56 Å². The molecular formula is C24H25Cl2FN2O3. The molecule has 2 N–H and O–H groups in total. The summed E-state index contributed by atoms with van der Waals surface area (Å²) < 4.78 is 20.1. The first-order chi connectivity index (χ1) is 15.0. The molecule has 0 bridgehead atoms. The first kappa shape index (κ1) is 24.0. The molecule has 1 unspecified atom stereocenters. The van der Waals surface area contributed by atoms with E-state index in [1.807, 2.05) is 43.9 Å². The number of benzene rings is 2. The molecule has 0 radical (unpaired) electrons. The second kappa shape index (κ2) is 9.84. The van der Waals surface area contributed by atoms with Gasteiger partial charge in [-0.2, -0.15) is 0 Å². The molecule has 2 aromatic carbocycles. The van der Waals surface area contributed by atoms with Crippen molar-refractivity contribution in [2.24, 2.45) is 0 Å². The van der Waals surface area contributed by atoms with Crippen molar-refractivity contribution in [1.82, 2.24) is 10.2 Å². The molecule has 0 aromatic heterocycles. The molecule has 1 atom stereocenters. The fraction of sp³-hybridized carbons (Fsp3) is 0.292. The second-order valence-electron chi connectivity index (χ2n) is 8.46. The van der Waals surface area contributed by atoms with E-state index in [9.17, 15) is 14.3 Å². The third-order valence-electron chi connectivity index (χ3n) is 4.99. The van der Waals surface area contributed by atoms with Crippen molar-refractivity contribution in [1.29, 1.82) is 0 Å². The van der Waals surface area contributed by atoms with E-state index in [1.54, 1.807) is 30.3 Å². The lowest BCUT2D eigenvalue weighted by Gasteiger charge is -2.45. The highest BCUT2D eigenvalue weighted by molar-refractivity contribution is 6.30. The summed E-state index contributed by atoms with van der Waals surface area (Å²) in [6.45, 7) is 6.06. The molecule has 0 fully saturated rings. The number of nitrogens with zero attached hydrogens (tertiary/aromatic N) is 1. The Balaban J connectivity index is 1.86. The fourth-order valence-corrected chi connectivity index (χ4v) is 4.07. The van der Waals surface area contributed by atoms with Crippen LogP contribution in [0.3, 0.4) is 0 Å². The molecule has 0 spiro atoms. The van der Waals surface area contributed by atoms with Crippen LogP contribution in [-0.2, 0) is 13.0 Å². The minimum atomic E-state index is -1.13. The number of ether oxygens (including phenoxy) is 1. The highest BCUT2D eigenvalue weighted by Crippen LogP contribution is 2.32. The number of carboxylic acid groups (broad SMARTS) is 1. The minimum absolute atomic E-state index is 0.0346. The SMILES string of the molecule is CC(C)(C)N1C(NC(=O)O)=CC=CC1Cc1cc(Cl)ccc1OCc1ccc(Cl)cc1F. The van der Waals surface area contributed by atoms with Gasteiger partial charge in [-0.1, -0.05) is 41.4 Å². The molecule has 8 heteroatoms. The third-order valence-corrected chi connectivity index (χ3v) is 5.46. The Morgan fingerprint density at radius 2 is 1.84 bits per heavy atom. The molecule has 1 aliphatic rings. The lowest BCUT2D eigenvalue weighted by atomic mass is 9.95. The van der Waals surface area contributed by atoms with E-state index in [2.05, 4.69) is 5.32 Å². The Labute approximate surface area is 197 Å². The Morgan fingerprint density at radius 1 is 1.16 bits per heavy atom. The van der Waals surface area contributed by atoms with Crippen molar-refractivity contribution in [3.05, 3.63) is 87.4 Å². The van der Waals surface area contributed by atoms with Crippen LogP contribution in [0.4, 0.5) is 9.18 Å². The molecule has 0 saturated heterocycles. The van der Waals surface area contributed by atoms with E-state index in [-0.39, 0.29) is 18.2 Å². The summed E-state index contributed by atoms with van der Waals surface area (Å²) >= 11 is 12.1. The van der Waals surface area contributed by atoms with Gasteiger partial charge in [0.25, 0.3) is 0 Å². The van der Waals surface area contributed by atoms with Gasteiger partial charge in [0, 0.05) is 27.6 Å². The predicted molar refractivity (Wildman–Crippen MR) is 125 cm³/mol. The Kier molecular flexibility index (Phi) is 7.36. The van der Waals surface area contributed by atoms with Crippen molar-refractivity contribution in [2.75, 3.05) is 0 Å². The van der Waals surface area contributed by atoms with Crippen LogP contribution in [0.1, 0.15) is 31.9 Å². The molecule has 170 valence electrons. The molecule has 0 saturated carbocycles. The number of carbonyl (C=O) groups is 1. The topological polar surface area (TPSA) is 61.8 Å². The van der Waals surface area contributed by atoms with Crippen LogP contribution in [0.25, 0.3) is 0 Å². The van der Waals surface area contributed by atoms with Crippen molar-refractivity contribution < 1.29 is 19.0 Å². The number of rotatable bonds is 6. The zero-order valence-electron chi connectivity index (χ0n) is 18.0. The van der Waals surface area contributed by atoms with Crippen LogP contribution in [0.5, 0.6) is 5.75 Å². The van der Waals surface area contributed by atoms with Crippen LogP contribution in [0.2, 0.25) is 10.0 Å². The lowest BCUT2D eigenvalue weighted by Crippen LogP contribution is -2.52. The van der Waals surface area contributed by atoms with Crippen molar-refractivity contribution in [2.45, 2.75) is 45.4 Å². The van der Waals surface area contributed by atoms with E-state index in [1.165, 1.54) is 6.07 Å². The first-order valence-corrected chi connectivity index (χ1v) is 10.8. The number of halogens is 3. The van der Waals surface area contributed by atoms with Gasteiger partial charge in [-0.3, -0.25) is 5.32 Å². The average Bonchev–Trinajstić information content (AvgIpc) is 2.67. The van der Waals surface area contributed by atoms with Gasteiger partial charge in [0.05, 0.1) is 6.04 Å². The molecule has 3 rings (SSSR count). The van der Waals surface area contributed by atoms with E-state index in [4.69, 9.17) is 27.9 Å². The fourth-order valence-electron chi connectivity index (χ4n) is 3.72. The number of nitrogens with one attached hydrogen (secondary N) is 1. The van der Waals surface area contributed by atoms with Gasteiger partial charge in [-0.05, 0) is 62.7 Å². The number of amides is 1. The summed E-state index contributed by atoms with van der Waals surface area (Å²) in [6, 6.07) is 9.58. The summed E-state index contributed by atoms with van der Waals surface area (Å²) in [7, 11) is 0. The van der Waals surface area contributed by atoms with Gasteiger partial charge >= 0.3 is 6.09 Å². The molecular weight excluding hydrogens is 454 g/mol. The Bertz CT molecular complexity index is 1060. The first-order valence-electron chi connectivity index (χ1n) is 10.1. The summed E-state index contributed by atoms with van der Waals surface area (Å²) in [5, 5.41) is 12.6. The zero-order valence-corrected chi connectivity index (χ0v) is 19.5. The molecule has 2 aromatic rings. The standard InChI is InChI=1S/C24H25Cl2FN2O3/c1-24(2,3)29-19(5-4-6-22(29)28-23(30)31)12-16-11-17(25)9-10-21(16)32-14-15-7-8-18(26)13-20(15)27/h4-11,13,19,28H,12,14H2,1-3H3,(H,30,31). The number of hydrogen-bond donors (Lipinski definition) is 2. The summed E-state index contributed by atoms with van der Waals surface area (Å²) in [4.78, 5) is 13.3. The van der Waals surface area contributed by atoms with E-state index < -0.39 is 11.9 Å².